The van der Waals surface area contributed by atoms with Gasteiger partial charge >= 0.3 is 0 Å². The fourth-order valence-corrected chi connectivity index (χ4v) is 1.96. The van der Waals surface area contributed by atoms with Crippen LogP contribution in [0.15, 0.2) is 24.3 Å². The van der Waals surface area contributed by atoms with Crippen molar-refractivity contribution >= 4 is 27.5 Å². The molecule has 0 aliphatic rings. The molecule has 0 N–H and O–H groups in total. The quantitative estimate of drug-likeness (QED) is 0.715. The summed E-state index contributed by atoms with van der Waals surface area (Å²) >= 11 is 8.99. The van der Waals surface area contributed by atoms with Gasteiger partial charge in [-0.25, -0.2) is 4.39 Å². The summed E-state index contributed by atoms with van der Waals surface area (Å²) in [5.74, 6) is 0.374. The van der Waals surface area contributed by atoms with Crippen molar-refractivity contribution in [2.75, 3.05) is 5.88 Å². The average Bonchev–Trinajstić information content (AvgIpc) is 2.05. The van der Waals surface area contributed by atoms with Crippen LogP contribution < -0.4 is 0 Å². The van der Waals surface area contributed by atoms with E-state index in [9.17, 15) is 4.39 Å². The Kier molecular flexibility index (Phi) is 4.02. The highest BCUT2D eigenvalue weighted by Gasteiger charge is 2.06. The van der Waals surface area contributed by atoms with Gasteiger partial charge in [0.1, 0.15) is 5.82 Å². The first-order valence-corrected chi connectivity index (χ1v) is 5.14. The molecule has 0 nitrogen and oxygen atoms in total. The predicted octanol–water partition coefficient (Wildman–Crippen LogP) is 3.89. The normalized spacial score (nSPS) is 12.9. The first kappa shape index (κ1) is 10.0. The van der Waals surface area contributed by atoms with E-state index in [1.165, 1.54) is 12.1 Å². The summed E-state index contributed by atoms with van der Waals surface area (Å²) in [5.41, 5.74) is 0.940. The van der Waals surface area contributed by atoms with Crippen LogP contribution in [-0.4, -0.2) is 5.88 Å². The minimum atomic E-state index is -0.202. The lowest BCUT2D eigenvalue weighted by Gasteiger charge is -2.07. The van der Waals surface area contributed by atoms with Gasteiger partial charge in [0.25, 0.3) is 0 Å². The minimum Gasteiger partial charge on any atom is -0.207 e. The lowest BCUT2D eigenvalue weighted by atomic mass is 10.1. The highest BCUT2D eigenvalue weighted by atomic mass is 79.9. The van der Waals surface area contributed by atoms with Crippen molar-refractivity contribution in [1.82, 2.24) is 0 Å². The topological polar surface area (TPSA) is 0 Å². The molecule has 0 amide bonds. The first-order valence-electron chi connectivity index (χ1n) is 3.69. The third kappa shape index (κ3) is 2.76. The summed E-state index contributed by atoms with van der Waals surface area (Å²) in [7, 11) is 0. The molecule has 0 aromatic heterocycles. The molecule has 0 aliphatic carbocycles. The number of benzene rings is 1. The third-order valence-electron chi connectivity index (χ3n) is 1.57. The van der Waals surface area contributed by atoms with Gasteiger partial charge in [0.2, 0.25) is 0 Å². The molecule has 12 heavy (non-hydrogen) atoms. The van der Waals surface area contributed by atoms with E-state index in [4.69, 9.17) is 11.6 Å². The van der Waals surface area contributed by atoms with Gasteiger partial charge in [-0.2, -0.15) is 0 Å². The van der Waals surface area contributed by atoms with Crippen LogP contribution in [0, 0.1) is 5.82 Å². The van der Waals surface area contributed by atoms with Crippen molar-refractivity contribution in [2.45, 2.75) is 11.2 Å². The van der Waals surface area contributed by atoms with E-state index in [1.54, 1.807) is 6.07 Å². The fourth-order valence-electron chi connectivity index (χ4n) is 0.964. The highest BCUT2D eigenvalue weighted by molar-refractivity contribution is 9.09. The van der Waals surface area contributed by atoms with Crippen LogP contribution in [0.25, 0.3) is 0 Å². The maximum absolute atomic E-state index is 12.7. The molecular weight excluding hydrogens is 242 g/mol. The van der Waals surface area contributed by atoms with Crippen LogP contribution in [-0.2, 0) is 0 Å². The van der Waals surface area contributed by atoms with Gasteiger partial charge in [0.15, 0.2) is 0 Å². The van der Waals surface area contributed by atoms with Gasteiger partial charge in [-0.1, -0.05) is 28.1 Å². The molecule has 0 heterocycles. The average molecular weight is 252 g/mol. The number of rotatable bonds is 3. The Morgan fingerprint density at radius 3 is 2.83 bits per heavy atom. The predicted molar refractivity (Wildman–Crippen MR) is 53.4 cm³/mol. The summed E-state index contributed by atoms with van der Waals surface area (Å²) in [4.78, 5) is 0.158. The molecule has 0 fully saturated rings. The van der Waals surface area contributed by atoms with E-state index >= 15 is 0 Å². The molecule has 1 aromatic rings. The molecule has 1 atom stereocenters. The van der Waals surface area contributed by atoms with Crippen molar-refractivity contribution in [3.63, 3.8) is 0 Å². The Morgan fingerprint density at radius 2 is 2.25 bits per heavy atom. The summed E-state index contributed by atoms with van der Waals surface area (Å²) < 4.78 is 12.7. The zero-order valence-electron chi connectivity index (χ0n) is 6.43. The Balaban J connectivity index is 2.73. The molecule has 1 rings (SSSR count). The van der Waals surface area contributed by atoms with Gasteiger partial charge in [-0.3, -0.25) is 0 Å². The first-order chi connectivity index (χ1) is 5.74. The SMILES string of the molecule is Fc1cccc(C(Br)CCCl)c1. The van der Waals surface area contributed by atoms with Crippen molar-refractivity contribution < 1.29 is 4.39 Å². The second kappa shape index (κ2) is 4.83. The Labute approximate surface area is 84.9 Å². The van der Waals surface area contributed by atoms with Gasteiger partial charge in [-0.15, -0.1) is 11.6 Å². The summed E-state index contributed by atoms with van der Waals surface area (Å²) in [6, 6.07) is 6.54. The number of hydrogen-bond donors (Lipinski definition) is 0. The minimum absolute atomic E-state index is 0.158. The van der Waals surface area contributed by atoms with Crippen LogP contribution >= 0.6 is 27.5 Å². The van der Waals surface area contributed by atoms with Gasteiger partial charge in [0, 0.05) is 10.7 Å². The number of hydrogen-bond acceptors (Lipinski definition) is 0. The Bertz CT molecular complexity index is 252. The van der Waals surface area contributed by atoms with Crippen molar-refractivity contribution in [3.8, 4) is 0 Å². The Morgan fingerprint density at radius 1 is 1.50 bits per heavy atom. The van der Waals surface area contributed by atoms with E-state index in [2.05, 4.69) is 15.9 Å². The molecule has 3 heteroatoms. The molecule has 1 unspecified atom stereocenters. The van der Waals surface area contributed by atoms with E-state index in [1.807, 2.05) is 6.07 Å². The van der Waals surface area contributed by atoms with Crippen LogP contribution in [0.3, 0.4) is 0 Å². The van der Waals surface area contributed by atoms with Crippen LogP contribution in [0.2, 0.25) is 0 Å². The van der Waals surface area contributed by atoms with Crippen LogP contribution in [0.4, 0.5) is 4.39 Å². The van der Waals surface area contributed by atoms with Crippen molar-refractivity contribution in [3.05, 3.63) is 35.6 Å². The van der Waals surface area contributed by atoms with Gasteiger partial charge in [-0.05, 0) is 24.1 Å². The van der Waals surface area contributed by atoms with Gasteiger partial charge in [0.05, 0.1) is 0 Å². The maximum atomic E-state index is 12.7. The second-order valence-corrected chi connectivity index (χ2v) is 3.98. The van der Waals surface area contributed by atoms with E-state index in [0.29, 0.717) is 5.88 Å². The zero-order chi connectivity index (χ0) is 8.97. The van der Waals surface area contributed by atoms with Gasteiger partial charge < -0.3 is 0 Å². The monoisotopic (exact) mass is 250 g/mol. The lowest BCUT2D eigenvalue weighted by Crippen LogP contribution is -1.91. The van der Waals surface area contributed by atoms with Crippen molar-refractivity contribution in [1.29, 1.82) is 0 Å². The highest BCUT2D eigenvalue weighted by Crippen LogP contribution is 2.26. The molecular formula is C9H9BrClF. The van der Waals surface area contributed by atoms with E-state index in [0.717, 1.165) is 12.0 Å². The van der Waals surface area contributed by atoms with E-state index in [-0.39, 0.29) is 10.6 Å². The zero-order valence-corrected chi connectivity index (χ0v) is 8.78. The molecule has 66 valence electrons. The molecule has 0 saturated carbocycles. The molecule has 0 saturated heterocycles. The second-order valence-electron chi connectivity index (χ2n) is 2.50. The largest absolute Gasteiger partial charge is 0.207 e. The molecule has 0 aliphatic heterocycles. The standard InChI is InChI=1S/C9H9BrClF/c10-9(4-5-11)7-2-1-3-8(12)6-7/h1-3,6,9H,4-5H2. The van der Waals surface area contributed by atoms with Crippen LogP contribution in [0.5, 0.6) is 0 Å². The summed E-state index contributed by atoms with van der Waals surface area (Å²) in [6.45, 7) is 0. The molecule has 0 spiro atoms. The molecule has 0 bridgehead atoms. The van der Waals surface area contributed by atoms with E-state index < -0.39 is 0 Å². The Hall–Kier alpha value is -0.0800. The summed E-state index contributed by atoms with van der Waals surface area (Å²) in [6.07, 6.45) is 0.811. The molecule has 0 radical (unpaired) electrons. The lowest BCUT2D eigenvalue weighted by molar-refractivity contribution is 0.625. The van der Waals surface area contributed by atoms with Crippen molar-refractivity contribution in [2.24, 2.45) is 0 Å². The number of halogens is 3. The molecule has 1 aromatic carbocycles. The summed E-state index contributed by atoms with van der Waals surface area (Å²) in [5, 5.41) is 0. The maximum Gasteiger partial charge on any atom is 0.123 e. The smallest absolute Gasteiger partial charge is 0.123 e. The fraction of sp³-hybridized carbons (Fsp3) is 0.333. The third-order valence-corrected chi connectivity index (χ3v) is 2.78. The van der Waals surface area contributed by atoms with Crippen LogP contribution in [0.1, 0.15) is 16.8 Å². The number of alkyl halides is 2.